The van der Waals surface area contributed by atoms with Crippen LogP contribution in [0.5, 0.6) is 0 Å². The second kappa shape index (κ2) is 5.55. The van der Waals surface area contributed by atoms with Gasteiger partial charge in [0.05, 0.1) is 0 Å². The number of rotatable bonds is 3. The highest BCUT2D eigenvalue weighted by molar-refractivity contribution is 6.31. The molecule has 2 atom stereocenters. The van der Waals surface area contributed by atoms with Crippen molar-refractivity contribution in [1.82, 2.24) is 5.32 Å². The molecule has 2 aromatic carbocycles. The Bertz CT molecular complexity index is 626. The summed E-state index contributed by atoms with van der Waals surface area (Å²) in [5.74, 6) is 0.192. The molecule has 1 aliphatic carbocycles. The normalized spacial score (nSPS) is 20.9. The standard InChI is InChI=1S/C17H17ClFN/c1-20-17-13(8-11-4-2-3-5-15(11)17)9-12-10-14(19)6-7-16(12)18/h2-7,10,13,17,20H,8-9H2,1H3. The van der Waals surface area contributed by atoms with Crippen LogP contribution >= 0.6 is 11.6 Å². The molecule has 2 unspecified atom stereocenters. The van der Waals surface area contributed by atoms with Crippen molar-refractivity contribution in [3.8, 4) is 0 Å². The van der Waals surface area contributed by atoms with Crippen LogP contribution in [0.15, 0.2) is 42.5 Å². The summed E-state index contributed by atoms with van der Waals surface area (Å²) in [5.41, 5.74) is 3.63. The van der Waals surface area contributed by atoms with Crippen LogP contribution < -0.4 is 5.32 Å². The van der Waals surface area contributed by atoms with Gasteiger partial charge in [-0.25, -0.2) is 4.39 Å². The van der Waals surface area contributed by atoms with Crippen molar-refractivity contribution in [2.75, 3.05) is 7.05 Å². The summed E-state index contributed by atoms with van der Waals surface area (Å²) in [6.07, 6.45) is 1.80. The summed E-state index contributed by atoms with van der Waals surface area (Å²) in [6.45, 7) is 0. The van der Waals surface area contributed by atoms with E-state index in [0.29, 0.717) is 17.0 Å². The largest absolute Gasteiger partial charge is 0.313 e. The second-order valence-electron chi connectivity index (χ2n) is 5.37. The summed E-state index contributed by atoms with van der Waals surface area (Å²) in [7, 11) is 1.98. The molecular formula is C17H17ClFN. The summed E-state index contributed by atoms with van der Waals surface area (Å²) in [6, 6.07) is 13.4. The van der Waals surface area contributed by atoms with Gasteiger partial charge in [0.2, 0.25) is 0 Å². The zero-order valence-electron chi connectivity index (χ0n) is 11.4. The van der Waals surface area contributed by atoms with Crippen molar-refractivity contribution in [2.24, 2.45) is 5.92 Å². The predicted octanol–water partition coefficient (Wildman–Crippen LogP) is 4.15. The molecule has 0 heterocycles. The predicted molar refractivity (Wildman–Crippen MR) is 80.6 cm³/mol. The van der Waals surface area contributed by atoms with E-state index in [1.165, 1.54) is 17.2 Å². The fraction of sp³-hybridized carbons (Fsp3) is 0.294. The maximum Gasteiger partial charge on any atom is 0.123 e. The van der Waals surface area contributed by atoms with Gasteiger partial charge in [0.1, 0.15) is 5.82 Å². The van der Waals surface area contributed by atoms with E-state index in [0.717, 1.165) is 18.4 Å². The zero-order chi connectivity index (χ0) is 14.1. The average molecular weight is 290 g/mol. The molecule has 0 saturated heterocycles. The first-order valence-corrected chi connectivity index (χ1v) is 7.26. The molecule has 1 N–H and O–H groups in total. The Hall–Kier alpha value is -1.38. The lowest BCUT2D eigenvalue weighted by molar-refractivity contribution is 0.410. The molecule has 1 aliphatic rings. The van der Waals surface area contributed by atoms with E-state index in [9.17, 15) is 4.39 Å². The number of halogens is 2. The highest BCUT2D eigenvalue weighted by atomic mass is 35.5. The molecule has 3 rings (SSSR count). The van der Waals surface area contributed by atoms with Crippen LogP contribution in [0.4, 0.5) is 4.39 Å². The highest BCUT2D eigenvalue weighted by Gasteiger charge is 2.31. The molecule has 0 aromatic heterocycles. The average Bonchev–Trinajstić information content (AvgIpc) is 2.80. The molecule has 3 heteroatoms. The van der Waals surface area contributed by atoms with E-state index in [1.807, 2.05) is 7.05 Å². The molecule has 0 saturated carbocycles. The van der Waals surface area contributed by atoms with Crippen LogP contribution in [0, 0.1) is 11.7 Å². The Balaban J connectivity index is 1.87. The van der Waals surface area contributed by atoms with E-state index in [2.05, 4.69) is 29.6 Å². The molecule has 0 amide bonds. The first kappa shape index (κ1) is 13.6. The van der Waals surface area contributed by atoms with E-state index >= 15 is 0 Å². The molecule has 2 aromatic rings. The summed E-state index contributed by atoms with van der Waals surface area (Å²) < 4.78 is 13.4. The maximum atomic E-state index is 13.4. The lowest BCUT2D eigenvalue weighted by atomic mass is 9.93. The van der Waals surface area contributed by atoms with E-state index < -0.39 is 0 Å². The minimum Gasteiger partial charge on any atom is -0.313 e. The first-order valence-electron chi connectivity index (χ1n) is 6.88. The van der Waals surface area contributed by atoms with Crippen molar-refractivity contribution in [1.29, 1.82) is 0 Å². The Morgan fingerprint density at radius 3 is 2.85 bits per heavy atom. The Kier molecular flexibility index (Phi) is 3.77. The molecule has 1 nitrogen and oxygen atoms in total. The lowest BCUT2D eigenvalue weighted by Crippen LogP contribution is -2.23. The van der Waals surface area contributed by atoms with E-state index in [1.54, 1.807) is 12.1 Å². The van der Waals surface area contributed by atoms with Crippen LogP contribution in [0.25, 0.3) is 0 Å². The van der Waals surface area contributed by atoms with Crippen molar-refractivity contribution >= 4 is 11.6 Å². The van der Waals surface area contributed by atoms with Gasteiger partial charge < -0.3 is 5.32 Å². The SMILES string of the molecule is CNC1c2ccccc2CC1Cc1cc(F)ccc1Cl. The number of fused-ring (bicyclic) bond motifs is 1. The van der Waals surface area contributed by atoms with Gasteiger partial charge in [0, 0.05) is 11.1 Å². The third-order valence-corrected chi connectivity index (χ3v) is 4.51. The van der Waals surface area contributed by atoms with Gasteiger partial charge in [0.25, 0.3) is 0 Å². The van der Waals surface area contributed by atoms with Gasteiger partial charge in [-0.3, -0.25) is 0 Å². The number of hydrogen-bond donors (Lipinski definition) is 1. The number of nitrogens with one attached hydrogen (secondary N) is 1. The summed E-state index contributed by atoms with van der Waals surface area (Å²) >= 11 is 6.19. The van der Waals surface area contributed by atoms with Crippen LogP contribution in [0.3, 0.4) is 0 Å². The first-order chi connectivity index (χ1) is 9.69. The Labute approximate surface area is 123 Å². The minimum atomic E-state index is -0.221. The molecule has 104 valence electrons. The molecular weight excluding hydrogens is 273 g/mol. The second-order valence-corrected chi connectivity index (χ2v) is 5.78. The third kappa shape index (κ3) is 2.46. The van der Waals surface area contributed by atoms with Crippen molar-refractivity contribution in [3.63, 3.8) is 0 Å². The molecule has 0 bridgehead atoms. The van der Waals surface area contributed by atoms with Crippen molar-refractivity contribution in [2.45, 2.75) is 18.9 Å². The zero-order valence-corrected chi connectivity index (χ0v) is 12.1. The van der Waals surface area contributed by atoms with Crippen LogP contribution in [-0.4, -0.2) is 7.05 Å². The molecule has 0 spiro atoms. The van der Waals surface area contributed by atoms with Gasteiger partial charge in [-0.1, -0.05) is 35.9 Å². The summed E-state index contributed by atoms with van der Waals surface area (Å²) in [4.78, 5) is 0. The third-order valence-electron chi connectivity index (χ3n) is 4.14. The molecule has 0 radical (unpaired) electrons. The topological polar surface area (TPSA) is 12.0 Å². The fourth-order valence-electron chi connectivity index (χ4n) is 3.24. The quantitative estimate of drug-likeness (QED) is 0.895. The van der Waals surface area contributed by atoms with Gasteiger partial charge in [-0.2, -0.15) is 0 Å². The van der Waals surface area contributed by atoms with Gasteiger partial charge in [-0.05, 0) is 60.7 Å². The van der Waals surface area contributed by atoms with Gasteiger partial charge in [0.15, 0.2) is 0 Å². The Morgan fingerprint density at radius 2 is 2.05 bits per heavy atom. The highest BCUT2D eigenvalue weighted by Crippen LogP contribution is 2.38. The summed E-state index contributed by atoms with van der Waals surface area (Å²) in [5, 5.41) is 4.04. The molecule has 0 fully saturated rings. The minimum absolute atomic E-state index is 0.221. The van der Waals surface area contributed by atoms with Crippen LogP contribution in [0.1, 0.15) is 22.7 Å². The smallest absolute Gasteiger partial charge is 0.123 e. The van der Waals surface area contributed by atoms with Gasteiger partial charge >= 0.3 is 0 Å². The fourth-order valence-corrected chi connectivity index (χ4v) is 3.44. The van der Waals surface area contributed by atoms with Crippen LogP contribution in [-0.2, 0) is 12.8 Å². The Morgan fingerprint density at radius 1 is 1.25 bits per heavy atom. The van der Waals surface area contributed by atoms with E-state index in [-0.39, 0.29) is 5.82 Å². The van der Waals surface area contributed by atoms with Crippen molar-refractivity contribution < 1.29 is 4.39 Å². The number of hydrogen-bond acceptors (Lipinski definition) is 1. The van der Waals surface area contributed by atoms with E-state index in [4.69, 9.17) is 11.6 Å². The lowest BCUT2D eigenvalue weighted by Gasteiger charge is -2.20. The molecule has 20 heavy (non-hydrogen) atoms. The van der Waals surface area contributed by atoms with Gasteiger partial charge in [-0.15, -0.1) is 0 Å². The maximum absolute atomic E-state index is 13.4. The number of benzene rings is 2. The van der Waals surface area contributed by atoms with Crippen LogP contribution in [0.2, 0.25) is 5.02 Å². The molecule has 0 aliphatic heterocycles. The monoisotopic (exact) mass is 289 g/mol. The van der Waals surface area contributed by atoms with Crippen molar-refractivity contribution in [3.05, 3.63) is 70.0 Å².